The molecule has 8 nitrogen and oxygen atoms in total. The first-order valence-corrected chi connectivity index (χ1v) is 15.8. The topological polar surface area (TPSA) is 105 Å². The third-order valence-electron chi connectivity index (χ3n) is 5.07. The molecule has 0 heterocycles. The summed E-state index contributed by atoms with van der Waals surface area (Å²) in [5.74, 6) is 0.992. The van der Waals surface area contributed by atoms with Crippen LogP contribution in [0.5, 0.6) is 23.0 Å². The Morgan fingerprint density at radius 2 is 0.872 bits per heavy atom. The Kier molecular flexibility index (Phi) is 11.9. The van der Waals surface area contributed by atoms with Crippen molar-refractivity contribution in [1.29, 1.82) is 0 Å². The van der Waals surface area contributed by atoms with Crippen molar-refractivity contribution in [1.82, 2.24) is 0 Å². The Hall–Kier alpha value is -2.56. The number of hydrogen-bond acceptors (Lipinski definition) is 8. The molecule has 4 rings (SSSR count). The fraction of sp³-hybridized carbons (Fsp3) is 0.0769. The van der Waals surface area contributed by atoms with E-state index in [2.05, 4.69) is 0 Å². The summed E-state index contributed by atoms with van der Waals surface area (Å²) >= 11 is -1.94. The second-order valence-electron chi connectivity index (χ2n) is 7.84. The number of halogens is 2. The van der Waals surface area contributed by atoms with E-state index in [4.69, 9.17) is 14.0 Å². The molecular formula is C26H22Cl2O8S2Zr. The number of rotatable bonds is 10. The van der Waals surface area contributed by atoms with Gasteiger partial charge in [0.2, 0.25) is 0 Å². The molecule has 0 saturated carbocycles. The van der Waals surface area contributed by atoms with Crippen molar-refractivity contribution in [3.8, 4) is 23.0 Å². The van der Waals surface area contributed by atoms with Crippen molar-refractivity contribution < 1.29 is 79.8 Å². The maximum Gasteiger partial charge on any atom is -1.00 e. The van der Waals surface area contributed by atoms with E-state index in [0.717, 1.165) is 0 Å². The zero-order valence-corrected chi connectivity index (χ0v) is 26.2. The Labute approximate surface area is 253 Å². The summed E-state index contributed by atoms with van der Waals surface area (Å²) in [5.41, 5.74) is 1.16. The van der Waals surface area contributed by atoms with Crippen molar-refractivity contribution >= 4 is 20.2 Å². The van der Waals surface area contributed by atoms with E-state index in [1.807, 2.05) is 0 Å². The molecule has 0 bridgehead atoms. The van der Waals surface area contributed by atoms with Crippen LogP contribution in [-0.2, 0) is 44.4 Å². The van der Waals surface area contributed by atoms with E-state index >= 15 is 0 Å². The van der Waals surface area contributed by atoms with Crippen LogP contribution in [0.3, 0.4) is 0 Å². The van der Waals surface area contributed by atoms with Gasteiger partial charge in [-0.15, -0.1) is 0 Å². The van der Waals surface area contributed by atoms with Gasteiger partial charge in [-0.05, 0) is 0 Å². The maximum absolute atomic E-state index is 12.6. The van der Waals surface area contributed by atoms with Gasteiger partial charge < -0.3 is 24.8 Å². The molecule has 0 amide bonds. The minimum atomic E-state index is -4.00. The van der Waals surface area contributed by atoms with Crippen LogP contribution in [0.25, 0.3) is 0 Å². The van der Waals surface area contributed by atoms with E-state index in [0.29, 0.717) is 22.6 Å². The SMILES string of the molecule is Cc1ccccc1S(=O)(=O)Oc1cccc([O][Zr+2][O]c2cccc(OS(=O)(=O)c3ccccc3C)c2)c1.[Cl-].[Cl-]. The van der Waals surface area contributed by atoms with Crippen LogP contribution in [0.1, 0.15) is 11.1 Å². The molecule has 39 heavy (non-hydrogen) atoms. The summed E-state index contributed by atoms with van der Waals surface area (Å²) in [5, 5.41) is 0. The molecule has 0 aliphatic heterocycles. The van der Waals surface area contributed by atoms with Gasteiger partial charge in [-0.25, -0.2) is 0 Å². The average Bonchev–Trinajstić information content (AvgIpc) is 2.84. The van der Waals surface area contributed by atoms with Crippen LogP contribution < -0.4 is 38.8 Å². The van der Waals surface area contributed by atoms with Crippen molar-refractivity contribution in [3.05, 3.63) is 108 Å². The van der Waals surface area contributed by atoms with Gasteiger partial charge in [-0.2, -0.15) is 0 Å². The molecule has 0 aromatic heterocycles. The van der Waals surface area contributed by atoms with Crippen LogP contribution in [-0.4, -0.2) is 16.8 Å². The summed E-state index contributed by atoms with van der Waals surface area (Å²) < 4.78 is 72.6. The molecule has 13 heteroatoms. The summed E-state index contributed by atoms with van der Waals surface area (Å²) in [7, 11) is -8.01. The monoisotopic (exact) mass is 686 g/mol. The number of hydrogen-bond donors (Lipinski definition) is 0. The van der Waals surface area contributed by atoms with Gasteiger partial charge in [-0.3, -0.25) is 0 Å². The Morgan fingerprint density at radius 3 is 1.26 bits per heavy atom. The third kappa shape index (κ3) is 8.72. The zero-order chi connectivity index (χ0) is 26.5. The zero-order valence-electron chi connectivity index (χ0n) is 20.6. The molecule has 0 unspecified atom stereocenters. The largest absolute Gasteiger partial charge is 1.00 e. The minimum absolute atomic E-state index is 0. The third-order valence-corrected chi connectivity index (χ3v) is 9.45. The summed E-state index contributed by atoms with van der Waals surface area (Å²) in [6, 6.07) is 25.6. The van der Waals surface area contributed by atoms with Gasteiger partial charge in [0.1, 0.15) is 0 Å². The molecule has 204 valence electrons. The molecule has 0 atom stereocenters. The predicted octanol–water partition coefficient (Wildman–Crippen LogP) is -0.783. The molecule has 0 spiro atoms. The maximum atomic E-state index is 12.6. The first-order chi connectivity index (χ1) is 17.6. The van der Waals surface area contributed by atoms with E-state index in [1.54, 1.807) is 74.5 Å². The van der Waals surface area contributed by atoms with Gasteiger partial charge in [-0.1, -0.05) is 0 Å². The first kappa shape index (κ1) is 32.7. The second-order valence-corrected chi connectivity index (χ2v) is 12.3. The van der Waals surface area contributed by atoms with E-state index < -0.39 is 44.4 Å². The molecule has 0 radical (unpaired) electrons. The summed E-state index contributed by atoms with van der Waals surface area (Å²) in [6.07, 6.45) is 0. The van der Waals surface area contributed by atoms with E-state index in [9.17, 15) is 16.8 Å². The van der Waals surface area contributed by atoms with Crippen LogP contribution in [0.15, 0.2) is 107 Å². The fourth-order valence-corrected chi connectivity index (χ4v) is 6.82. The van der Waals surface area contributed by atoms with Gasteiger partial charge in [0, 0.05) is 0 Å². The number of benzene rings is 4. The molecular weight excluding hydrogens is 667 g/mol. The van der Waals surface area contributed by atoms with Gasteiger partial charge in [0.25, 0.3) is 0 Å². The van der Waals surface area contributed by atoms with Crippen molar-refractivity contribution in [2.24, 2.45) is 0 Å². The molecule has 4 aromatic rings. The normalized spacial score (nSPS) is 10.7. The van der Waals surface area contributed by atoms with Crippen molar-refractivity contribution in [2.75, 3.05) is 0 Å². The standard InChI is InChI=1S/2C13H12O4S.2ClH.Zr/c2*1-10-5-2-3-8-13(10)18(15,16)17-12-7-4-6-11(14)9-12;;;/h2*2-9,14H,1H3;2*1H;/q;;;;+4/p-4. The minimum Gasteiger partial charge on any atom is -1.00 e. The van der Waals surface area contributed by atoms with Crippen molar-refractivity contribution in [3.63, 3.8) is 0 Å². The molecule has 0 N–H and O–H groups in total. The van der Waals surface area contributed by atoms with Gasteiger partial charge in [0.05, 0.1) is 0 Å². The van der Waals surface area contributed by atoms with Gasteiger partial charge >= 0.3 is 230 Å². The molecule has 0 aliphatic carbocycles. The summed E-state index contributed by atoms with van der Waals surface area (Å²) in [4.78, 5) is 0.181. The molecule has 0 aliphatic rings. The molecule has 0 saturated heterocycles. The number of aryl methyl sites for hydroxylation is 2. The summed E-state index contributed by atoms with van der Waals surface area (Å²) in [6.45, 7) is 3.39. The molecule has 0 fully saturated rings. The van der Waals surface area contributed by atoms with Crippen LogP contribution in [0.4, 0.5) is 0 Å². The van der Waals surface area contributed by atoms with Gasteiger partial charge in [0.15, 0.2) is 0 Å². The van der Waals surface area contributed by atoms with Crippen LogP contribution in [0, 0.1) is 13.8 Å². The first-order valence-electron chi connectivity index (χ1n) is 10.9. The Morgan fingerprint density at radius 1 is 0.513 bits per heavy atom. The quantitative estimate of drug-likeness (QED) is 0.200. The Balaban J connectivity index is 0.00000267. The van der Waals surface area contributed by atoms with Crippen LogP contribution >= 0.6 is 0 Å². The molecule has 4 aromatic carbocycles. The predicted molar refractivity (Wildman–Crippen MR) is 132 cm³/mol. The Bertz CT molecular complexity index is 1510. The average molecular weight is 689 g/mol. The second kappa shape index (κ2) is 14.2. The van der Waals surface area contributed by atoms with Crippen molar-refractivity contribution in [2.45, 2.75) is 23.6 Å². The fourth-order valence-electron chi connectivity index (χ4n) is 3.31. The smallest absolute Gasteiger partial charge is 1.00 e. The van der Waals surface area contributed by atoms with E-state index in [1.165, 1.54) is 36.4 Å². The van der Waals surface area contributed by atoms with E-state index in [-0.39, 0.29) is 46.1 Å². The van der Waals surface area contributed by atoms with Crippen LogP contribution in [0.2, 0.25) is 0 Å².